The zero-order valence-corrected chi connectivity index (χ0v) is 9.64. The molecule has 5 heteroatoms. The first kappa shape index (κ1) is 11.0. The molecule has 1 aromatic carbocycles. The summed E-state index contributed by atoms with van der Waals surface area (Å²) in [4.78, 5) is 14.4. The number of aromatic amines is 1. The predicted molar refractivity (Wildman–Crippen MR) is 65.2 cm³/mol. The number of carbonyl (C=O) groups is 1. The van der Waals surface area contributed by atoms with Crippen LogP contribution >= 0.6 is 23.2 Å². The van der Waals surface area contributed by atoms with Crippen LogP contribution in [0.1, 0.15) is 10.5 Å². The van der Waals surface area contributed by atoms with Gasteiger partial charge in [0.25, 0.3) is 5.91 Å². The summed E-state index contributed by atoms with van der Waals surface area (Å²) in [5.41, 5.74) is 1.10. The molecule has 3 nitrogen and oxygen atoms in total. The van der Waals surface area contributed by atoms with Crippen molar-refractivity contribution >= 4 is 34.8 Å². The number of hydrogen-bond donors (Lipinski definition) is 2. The summed E-state index contributed by atoms with van der Waals surface area (Å²) < 4.78 is 0. The van der Waals surface area contributed by atoms with Crippen LogP contribution in [0.3, 0.4) is 0 Å². The Morgan fingerprint density at radius 1 is 1.12 bits per heavy atom. The highest BCUT2D eigenvalue weighted by atomic mass is 35.5. The second-order valence-electron chi connectivity index (χ2n) is 3.19. The number of nitrogens with one attached hydrogen (secondary N) is 2. The Morgan fingerprint density at radius 3 is 2.38 bits per heavy atom. The fourth-order valence-electron chi connectivity index (χ4n) is 1.23. The van der Waals surface area contributed by atoms with E-state index >= 15 is 0 Å². The average molecular weight is 255 g/mol. The molecule has 0 fully saturated rings. The van der Waals surface area contributed by atoms with Gasteiger partial charge in [-0.05, 0) is 30.3 Å². The fourth-order valence-corrected chi connectivity index (χ4v) is 1.52. The Hall–Kier alpha value is -1.45. The van der Waals surface area contributed by atoms with Gasteiger partial charge in [0, 0.05) is 16.9 Å². The maximum atomic E-state index is 11.7. The van der Waals surface area contributed by atoms with E-state index in [0.29, 0.717) is 21.4 Å². The molecule has 2 N–H and O–H groups in total. The van der Waals surface area contributed by atoms with Gasteiger partial charge < -0.3 is 10.3 Å². The molecule has 0 spiro atoms. The van der Waals surface area contributed by atoms with Gasteiger partial charge in [0.2, 0.25) is 0 Å². The average Bonchev–Trinajstić information content (AvgIpc) is 2.68. The van der Waals surface area contributed by atoms with Gasteiger partial charge in [-0.2, -0.15) is 0 Å². The first-order valence-corrected chi connectivity index (χ1v) is 5.31. The molecule has 0 saturated heterocycles. The third-order valence-corrected chi connectivity index (χ3v) is 2.46. The SMILES string of the molecule is O=C(Nc1ccc(Cl)cc1)c1cc(Cl)c[nH]1. The van der Waals surface area contributed by atoms with Crippen LogP contribution in [0.5, 0.6) is 0 Å². The molecule has 0 unspecified atom stereocenters. The van der Waals surface area contributed by atoms with E-state index in [0.717, 1.165) is 0 Å². The molecule has 1 aromatic heterocycles. The van der Waals surface area contributed by atoms with Gasteiger partial charge in [-0.1, -0.05) is 23.2 Å². The van der Waals surface area contributed by atoms with Crippen molar-refractivity contribution in [2.45, 2.75) is 0 Å². The smallest absolute Gasteiger partial charge is 0.272 e. The normalized spacial score (nSPS) is 10.1. The highest BCUT2D eigenvalue weighted by molar-refractivity contribution is 6.31. The monoisotopic (exact) mass is 254 g/mol. The van der Waals surface area contributed by atoms with Crippen molar-refractivity contribution in [3.8, 4) is 0 Å². The summed E-state index contributed by atoms with van der Waals surface area (Å²) >= 11 is 11.4. The Kier molecular flexibility index (Phi) is 3.17. The summed E-state index contributed by atoms with van der Waals surface area (Å²) in [5, 5.41) is 3.84. The molecule has 1 heterocycles. The van der Waals surface area contributed by atoms with Crippen LogP contribution < -0.4 is 5.32 Å². The van der Waals surface area contributed by atoms with E-state index in [1.165, 1.54) is 0 Å². The lowest BCUT2D eigenvalue weighted by Crippen LogP contribution is -2.11. The molecule has 0 aliphatic heterocycles. The lowest BCUT2D eigenvalue weighted by atomic mass is 10.3. The molecule has 0 aliphatic carbocycles. The molecule has 16 heavy (non-hydrogen) atoms. The molecule has 2 rings (SSSR count). The lowest BCUT2D eigenvalue weighted by Gasteiger charge is -2.03. The number of benzene rings is 1. The maximum Gasteiger partial charge on any atom is 0.272 e. The van der Waals surface area contributed by atoms with E-state index in [9.17, 15) is 4.79 Å². The van der Waals surface area contributed by atoms with Crippen LogP contribution in [0.15, 0.2) is 36.5 Å². The zero-order chi connectivity index (χ0) is 11.5. The minimum Gasteiger partial charge on any atom is -0.356 e. The zero-order valence-electron chi connectivity index (χ0n) is 8.13. The van der Waals surface area contributed by atoms with Gasteiger partial charge in [0.1, 0.15) is 5.69 Å². The Labute approximate surface area is 102 Å². The summed E-state index contributed by atoms with van der Waals surface area (Å²) in [5.74, 6) is -0.241. The van der Waals surface area contributed by atoms with Crippen molar-refractivity contribution < 1.29 is 4.79 Å². The molecular weight excluding hydrogens is 247 g/mol. The Balaban J connectivity index is 2.10. The van der Waals surface area contributed by atoms with Gasteiger partial charge in [-0.3, -0.25) is 4.79 Å². The van der Waals surface area contributed by atoms with E-state index in [1.54, 1.807) is 36.5 Å². The van der Waals surface area contributed by atoms with E-state index in [-0.39, 0.29) is 5.91 Å². The quantitative estimate of drug-likeness (QED) is 0.846. The summed E-state index contributed by atoms with van der Waals surface area (Å²) in [6, 6.07) is 8.43. The standard InChI is InChI=1S/C11H8Cl2N2O/c12-7-1-3-9(4-2-7)15-11(16)10-5-8(13)6-14-10/h1-6,14H,(H,15,16). The number of amides is 1. The fraction of sp³-hybridized carbons (Fsp3) is 0. The van der Waals surface area contributed by atoms with Gasteiger partial charge in [0.05, 0.1) is 5.02 Å². The number of hydrogen-bond acceptors (Lipinski definition) is 1. The van der Waals surface area contributed by atoms with Crippen LogP contribution in [-0.2, 0) is 0 Å². The third-order valence-electron chi connectivity index (χ3n) is 1.99. The van der Waals surface area contributed by atoms with Crippen LogP contribution in [0, 0.1) is 0 Å². The second-order valence-corrected chi connectivity index (χ2v) is 4.07. The lowest BCUT2D eigenvalue weighted by molar-refractivity contribution is 0.102. The molecule has 0 radical (unpaired) electrons. The van der Waals surface area contributed by atoms with Gasteiger partial charge >= 0.3 is 0 Å². The molecule has 82 valence electrons. The van der Waals surface area contributed by atoms with Gasteiger partial charge in [-0.15, -0.1) is 0 Å². The van der Waals surface area contributed by atoms with Crippen molar-refractivity contribution in [3.05, 3.63) is 52.3 Å². The summed E-state index contributed by atoms with van der Waals surface area (Å²) in [6.45, 7) is 0. The number of H-pyrrole nitrogens is 1. The molecule has 0 aliphatic rings. The Morgan fingerprint density at radius 2 is 1.81 bits per heavy atom. The van der Waals surface area contributed by atoms with Crippen LogP contribution in [0.25, 0.3) is 0 Å². The molecule has 0 atom stereocenters. The molecular formula is C11H8Cl2N2O. The van der Waals surface area contributed by atoms with Crippen molar-refractivity contribution in [2.75, 3.05) is 5.32 Å². The third kappa shape index (κ3) is 2.56. The second kappa shape index (κ2) is 4.60. The number of anilines is 1. The van der Waals surface area contributed by atoms with E-state index in [4.69, 9.17) is 23.2 Å². The first-order valence-electron chi connectivity index (χ1n) is 4.56. The van der Waals surface area contributed by atoms with E-state index in [1.807, 2.05) is 0 Å². The number of carbonyl (C=O) groups excluding carboxylic acids is 1. The van der Waals surface area contributed by atoms with Crippen LogP contribution in [-0.4, -0.2) is 10.9 Å². The number of rotatable bonds is 2. The van der Waals surface area contributed by atoms with Crippen LogP contribution in [0.2, 0.25) is 10.0 Å². The minimum absolute atomic E-state index is 0.241. The van der Waals surface area contributed by atoms with Crippen molar-refractivity contribution in [2.24, 2.45) is 0 Å². The van der Waals surface area contributed by atoms with Crippen LogP contribution in [0.4, 0.5) is 5.69 Å². The van der Waals surface area contributed by atoms with E-state index in [2.05, 4.69) is 10.3 Å². The minimum atomic E-state index is -0.241. The van der Waals surface area contributed by atoms with Gasteiger partial charge in [-0.25, -0.2) is 0 Å². The van der Waals surface area contributed by atoms with Crippen molar-refractivity contribution in [3.63, 3.8) is 0 Å². The van der Waals surface area contributed by atoms with E-state index < -0.39 is 0 Å². The molecule has 0 bridgehead atoms. The molecule has 0 saturated carbocycles. The van der Waals surface area contributed by atoms with Gasteiger partial charge in [0.15, 0.2) is 0 Å². The first-order chi connectivity index (χ1) is 7.65. The Bertz CT molecular complexity index is 505. The van der Waals surface area contributed by atoms with Crippen molar-refractivity contribution in [1.82, 2.24) is 4.98 Å². The summed E-state index contributed by atoms with van der Waals surface area (Å²) in [6.07, 6.45) is 1.55. The topological polar surface area (TPSA) is 44.9 Å². The number of halogens is 2. The maximum absolute atomic E-state index is 11.7. The molecule has 2 aromatic rings. The van der Waals surface area contributed by atoms with Crippen molar-refractivity contribution in [1.29, 1.82) is 0 Å². The predicted octanol–water partition coefficient (Wildman–Crippen LogP) is 3.57. The highest BCUT2D eigenvalue weighted by Crippen LogP contribution is 2.15. The highest BCUT2D eigenvalue weighted by Gasteiger charge is 2.07. The molecule has 1 amide bonds. The largest absolute Gasteiger partial charge is 0.356 e. The number of aromatic nitrogens is 1. The summed E-state index contributed by atoms with van der Waals surface area (Å²) in [7, 11) is 0.